The van der Waals surface area contributed by atoms with Crippen molar-refractivity contribution in [2.75, 3.05) is 11.9 Å². The fraction of sp³-hybridized carbons (Fsp3) is 0.312. The van der Waals surface area contributed by atoms with Crippen molar-refractivity contribution < 1.29 is 14.3 Å². The van der Waals surface area contributed by atoms with Crippen molar-refractivity contribution in [1.29, 1.82) is 0 Å². The smallest absolute Gasteiger partial charge is 0.225 e. The molecule has 0 aliphatic rings. The highest BCUT2D eigenvalue weighted by atomic mass is 32.1. The Morgan fingerprint density at radius 3 is 2.68 bits per heavy atom. The molecule has 0 fully saturated rings. The highest BCUT2D eigenvalue weighted by molar-refractivity contribution is 7.07. The van der Waals surface area contributed by atoms with Gasteiger partial charge >= 0.3 is 0 Å². The maximum atomic E-state index is 12.8. The number of hydrogen-bond donors (Lipinski definition) is 3. The third-order valence-corrected chi connectivity index (χ3v) is 3.91. The van der Waals surface area contributed by atoms with E-state index in [1.165, 1.54) is 35.6 Å². The number of halogens is 1. The zero-order valence-electron chi connectivity index (χ0n) is 12.3. The van der Waals surface area contributed by atoms with E-state index in [0.29, 0.717) is 12.2 Å². The van der Waals surface area contributed by atoms with Crippen LogP contribution in [0.25, 0.3) is 0 Å². The third kappa shape index (κ3) is 5.22. The third-order valence-electron chi connectivity index (χ3n) is 3.21. The molecule has 2 aromatic rings. The van der Waals surface area contributed by atoms with E-state index in [0.717, 1.165) is 5.56 Å². The summed E-state index contributed by atoms with van der Waals surface area (Å²) in [4.78, 5) is 11.9. The second kappa shape index (κ2) is 8.03. The van der Waals surface area contributed by atoms with Crippen LogP contribution < -0.4 is 10.6 Å². The number of carbonyl (C=O) groups excluding carboxylic acids is 1. The summed E-state index contributed by atoms with van der Waals surface area (Å²) >= 11 is 1.54. The van der Waals surface area contributed by atoms with E-state index >= 15 is 0 Å². The van der Waals surface area contributed by atoms with Gasteiger partial charge in [0.2, 0.25) is 5.91 Å². The summed E-state index contributed by atoms with van der Waals surface area (Å²) in [6.45, 7) is 2.27. The Bertz CT molecular complexity index is 587. The molecule has 2 atom stereocenters. The van der Waals surface area contributed by atoms with Crippen molar-refractivity contribution in [3.63, 3.8) is 0 Å². The molecule has 1 aromatic carbocycles. The van der Waals surface area contributed by atoms with Gasteiger partial charge in [-0.25, -0.2) is 4.39 Å². The molecule has 0 aliphatic carbocycles. The van der Waals surface area contributed by atoms with Crippen LogP contribution >= 0.6 is 11.3 Å². The van der Waals surface area contributed by atoms with Gasteiger partial charge in [-0.15, -0.1) is 0 Å². The maximum absolute atomic E-state index is 12.8. The first-order valence-corrected chi connectivity index (χ1v) is 7.98. The minimum Gasteiger partial charge on any atom is -0.387 e. The van der Waals surface area contributed by atoms with Crippen LogP contribution in [-0.4, -0.2) is 23.6 Å². The lowest BCUT2D eigenvalue weighted by Gasteiger charge is -2.16. The van der Waals surface area contributed by atoms with Crippen molar-refractivity contribution in [1.82, 2.24) is 5.32 Å². The molecule has 0 radical (unpaired) electrons. The number of rotatable bonds is 7. The fourth-order valence-corrected chi connectivity index (χ4v) is 2.70. The first-order valence-electron chi connectivity index (χ1n) is 7.03. The number of nitrogens with one attached hydrogen (secondary N) is 2. The minimum atomic E-state index is -0.575. The molecule has 22 heavy (non-hydrogen) atoms. The molecular weight excluding hydrogens is 303 g/mol. The number of carbonyl (C=O) groups is 1. The maximum Gasteiger partial charge on any atom is 0.225 e. The summed E-state index contributed by atoms with van der Waals surface area (Å²) in [5, 5.41) is 19.6. The highest BCUT2D eigenvalue weighted by Gasteiger charge is 2.12. The number of anilines is 1. The van der Waals surface area contributed by atoms with Crippen LogP contribution in [0.5, 0.6) is 0 Å². The van der Waals surface area contributed by atoms with E-state index in [9.17, 15) is 14.3 Å². The number of aliphatic hydroxyl groups excluding tert-OH is 1. The van der Waals surface area contributed by atoms with E-state index in [-0.39, 0.29) is 24.2 Å². The van der Waals surface area contributed by atoms with Gasteiger partial charge < -0.3 is 15.7 Å². The number of aliphatic hydroxyl groups is 1. The Kier molecular flexibility index (Phi) is 6.06. The van der Waals surface area contributed by atoms with E-state index in [2.05, 4.69) is 10.6 Å². The van der Waals surface area contributed by atoms with E-state index in [1.54, 1.807) is 0 Å². The van der Waals surface area contributed by atoms with Crippen molar-refractivity contribution >= 4 is 22.9 Å². The van der Waals surface area contributed by atoms with Crippen LogP contribution in [0.1, 0.15) is 25.0 Å². The summed E-state index contributed by atoms with van der Waals surface area (Å²) in [6.07, 6.45) is -0.304. The van der Waals surface area contributed by atoms with Crippen LogP contribution in [0, 0.1) is 5.82 Å². The quantitative estimate of drug-likeness (QED) is 0.734. The average Bonchev–Trinajstić information content (AvgIpc) is 3.01. The zero-order valence-corrected chi connectivity index (χ0v) is 13.1. The van der Waals surface area contributed by atoms with Crippen molar-refractivity contribution in [3.05, 3.63) is 52.5 Å². The topological polar surface area (TPSA) is 61.4 Å². The molecule has 0 bridgehead atoms. The Labute approximate surface area is 133 Å². The molecule has 2 rings (SSSR count). The molecule has 118 valence electrons. The zero-order chi connectivity index (χ0) is 15.9. The summed E-state index contributed by atoms with van der Waals surface area (Å²) in [5.41, 5.74) is 1.44. The number of thiophene rings is 1. The second-order valence-corrected chi connectivity index (χ2v) is 5.92. The molecule has 0 saturated heterocycles. The van der Waals surface area contributed by atoms with Gasteiger partial charge in [-0.1, -0.05) is 0 Å². The summed E-state index contributed by atoms with van der Waals surface area (Å²) < 4.78 is 12.8. The average molecular weight is 322 g/mol. The fourth-order valence-electron chi connectivity index (χ4n) is 1.99. The van der Waals surface area contributed by atoms with Crippen LogP contribution in [0.4, 0.5) is 10.1 Å². The highest BCUT2D eigenvalue weighted by Crippen LogP contribution is 2.15. The number of amides is 1. The van der Waals surface area contributed by atoms with Crippen molar-refractivity contribution in [2.24, 2.45) is 0 Å². The first kappa shape index (κ1) is 16.6. The molecule has 6 heteroatoms. The van der Waals surface area contributed by atoms with Gasteiger partial charge in [0.15, 0.2) is 0 Å². The Hall–Kier alpha value is -1.76. The molecule has 4 nitrogen and oxygen atoms in total. The molecule has 0 spiro atoms. The lowest BCUT2D eigenvalue weighted by molar-refractivity contribution is -0.116. The van der Waals surface area contributed by atoms with Gasteiger partial charge in [-0.05, 0) is 53.6 Å². The van der Waals surface area contributed by atoms with Crippen molar-refractivity contribution in [2.45, 2.75) is 25.5 Å². The van der Waals surface area contributed by atoms with E-state index < -0.39 is 6.10 Å². The molecule has 1 amide bonds. The molecule has 1 aromatic heterocycles. The van der Waals surface area contributed by atoms with Crippen LogP contribution in [-0.2, 0) is 4.79 Å². The number of hydrogen-bond acceptors (Lipinski definition) is 4. The summed E-state index contributed by atoms with van der Waals surface area (Å²) in [7, 11) is 0. The molecule has 3 N–H and O–H groups in total. The lowest BCUT2D eigenvalue weighted by Crippen LogP contribution is -2.33. The molecule has 0 aliphatic heterocycles. The van der Waals surface area contributed by atoms with Gasteiger partial charge in [0, 0.05) is 24.7 Å². The first-order chi connectivity index (χ1) is 10.5. The SMILES string of the molecule is CC(CC(=O)Nc1ccc(F)cc1)NCC(O)c1ccsc1. The predicted molar refractivity (Wildman–Crippen MR) is 86.4 cm³/mol. The van der Waals surface area contributed by atoms with Gasteiger partial charge in [-0.2, -0.15) is 11.3 Å². The normalized spacial score (nSPS) is 13.6. The van der Waals surface area contributed by atoms with Gasteiger partial charge in [0.25, 0.3) is 0 Å². The molecule has 0 saturated carbocycles. The molecule has 2 unspecified atom stereocenters. The van der Waals surface area contributed by atoms with Crippen LogP contribution in [0.3, 0.4) is 0 Å². The summed E-state index contributed by atoms with van der Waals surface area (Å²) in [6, 6.07) is 7.44. The monoisotopic (exact) mass is 322 g/mol. The minimum absolute atomic E-state index is 0.0752. The Morgan fingerprint density at radius 1 is 1.32 bits per heavy atom. The van der Waals surface area contributed by atoms with Crippen molar-refractivity contribution in [3.8, 4) is 0 Å². The Morgan fingerprint density at radius 2 is 2.05 bits per heavy atom. The number of benzene rings is 1. The van der Waals surface area contributed by atoms with Gasteiger partial charge in [0.05, 0.1) is 6.10 Å². The van der Waals surface area contributed by atoms with E-state index in [1.807, 2.05) is 23.8 Å². The van der Waals surface area contributed by atoms with Crippen LogP contribution in [0.15, 0.2) is 41.1 Å². The largest absolute Gasteiger partial charge is 0.387 e. The van der Waals surface area contributed by atoms with Crippen LogP contribution in [0.2, 0.25) is 0 Å². The second-order valence-electron chi connectivity index (χ2n) is 5.14. The Balaban J connectivity index is 1.73. The van der Waals surface area contributed by atoms with Gasteiger partial charge in [0.1, 0.15) is 5.82 Å². The van der Waals surface area contributed by atoms with E-state index in [4.69, 9.17) is 0 Å². The van der Waals surface area contributed by atoms with Gasteiger partial charge in [-0.3, -0.25) is 4.79 Å². The standard InChI is InChI=1S/C16H19FN2O2S/c1-11(18-9-15(20)12-6-7-22-10-12)8-16(21)19-14-4-2-13(17)3-5-14/h2-7,10-11,15,18,20H,8-9H2,1H3,(H,19,21). The molecule has 1 heterocycles. The lowest BCUT2D eigenvalue weighted by atomic mass is 10.1. The predicted octanol–water partition coefficient (Wildman–Crippen LogP) is 2.93. The molecular formula is C16H19FN2O2S. The summed E-state index contributed by atoms with van der Waals surface area (Å²) in [5.74, 6) is -0.493.